The minimum atomic E-state index is -0.925. The van der Waals surface area contributed by atoms with Gasteiger partial charge in [-0.3, -0.25) is 4.79 Å². The van der Waals surface area contributed by atoms with Crippen molar-refractivity contribution in [2.45, 2.75) is 20.0 Å². The van der Waals surface area contributed by atoms with Gasteiger partial charge in [-0.1, -0.05) is 29.8 Å². The Morgan fingerprint density at radius 2 is 1.79 bits per heavy atom. The molecule has 0 saturated carbocycles. The van der Waals surface area contributed by atoms with Crippen LogP contribution in [0.4, 0.5) is 5.69 Å². The largest absolute Gasteiger partial charge is 0.482 e. The third kappa shape index (κ3) is 5.28. The minimum Gasteiger partial charge on any atom is -0.482 e. The molecule has 2 rings (SSSR count). The van der Waals surface area contributed by atoms with Crippen LogP contribution in [0.2, 0.25) is 5.02 Å². The monoisotopic (exact) mass is 347 g/mol. The van der Waals surface area contributed by atoms with Crippen molar-refractivity contribution in [3.63, 3.8) is 0 Å². The van der Waals surface area contributed by atoms with Gasteiger partial charge in [-0.05, 0) is 49.7 Å². The Kier molecular flexibility index (Phi) is 6.21. The lowest BCUT2D eigenvalue weighted by molar-refractivity contribution is -0.155. The molecule has 24 heavy (non-hydrogen) atoms. The van der Waals surface area contributed by atoms with Gasteiger partial charge < -0.3 is 14.8 Å². The Labute approximate surface area is 145 Å². The number of nitrogens with one attached hydrogen (secondary N) is 1. The van der Waals surface area contributed by atoms with E-state index in [1.165, 1.54) is 6.92 Å². The number of para-hydroxylation sites is 1. The van der Waals surface area contributed by atoms with Crippen molar-refractivity contribution in [1.82, 2.24) is 0 Å². The molecule has 0 heterocycles. The van der Waals surface area contributed by atoms with Gasteiger partial charge in [0.05, 0.1) is 0 Å². The van der Waals surface area contributed by atoms with Gasteiger partial charge >= 0.3 is 5.97 Å². The SMILES string of the molecule is Cc1ccccc1NC(=O)[C@H](C)OC(=O)COc1ccc(Cl)cc1. The molecule has 0 spiro atoms. The Hall–Kier alpha value is -2.53. The van der Waals surface area contributed by atoms with Crippen LogP contribution in [0.3, 0.4) is 0 Å². The molecule has 0 unspecified atom stereocenters. The summed E-state index contributed by atoms with van der Waals surface area (Å²) in [7, 11) is 0. The third-order valence-electron chi connectivity index (χ3n) is 3.25. The average molecular weight is 348 g/mol. The molecule has 0 saturated heterocycles. The lowest BCUT2D eigenvalue weighted by Crippen LogP contribution is -2.31. The molecule has 0 bridgehead atoms. The zero-order valence-electron chi connectivity index (χ0n) is 13.4. The van der Waals surface area contributed by atoms with Crippen LogP contribution in [-0.2, 0) is 14.3 Å². The van der Waals surface area contributed by atoms with Crippen LogP contribution in [0.15, 0.2) is 48.5 Å². The second-order valence-electron chi connectivity index (χ2n) is 5.18. The van der Waals surface area contributed by atoms with Crippen molar-refractivity contribution in [3.05, 3.63) is 59.1 Å². The number of carbonyl (C=O) groups excluding carboxylic acids is 2. The lowest BCUT2D eigenvalue weighted by atomic mass is 10.2. The summed E-state index contributed by atoms with van der Waals surface area (Å²) in [5.41, 5.74) is 1.61. The number of aryl methyl sites for hydroxylation is 1. The van der Waals surface area contributed by atoms with Crippen LogP contribution in [0.25, 0.3) is 0 Å². The first-order valence-electron chi connectivity index (χ1n) is 7.40. The Bertz CT molecular complexity index is 715. The standard InChI is InChI=1S/C18H18ClNO4/c1-12-5-3-4-6-16(12)20-18(22)13(2)24-17(21)11-23-15-9-7-14(19)8-10-15/h3-10,13H,11H2,1-2H3,(H,20,22)/t13-/m0/s1. The van der Waals surface area contributed by atoms with E-state index in [1.807, 2.05) is 25.1 Å². The molecule has 1 N–H and O–H groups in total. The van der Waals surface area contributed by atoms with Gasteiger partial charge in [-0.2, -0.15) is 0 Å². The molecule has 0 aliphatic rings. The first kappa shape index (κ1) is 17.8. The Morgan fingerprint density at radius 1 is 1.12 bits per heavy atom. The Balaban J connectivity index is 1.81. The first-order valence-corrected chi connectivity index (χ1v) is 7.78. The molecule has 6 heteroatoms. The highest BCUT2D eigenvalue weighted by molar-refractivity contribution is 6.30. The van der Waals surface area contributed by atoms with Crippen LogP contribution in [0, 0.1) is 6.92 Å². The molecule has 5 nitrogen and oxygen atoms in total. The maximum absolute atomic E-state index is 12.1. The molecule has 0 radical (unpaired) electrons. The summed E-state index contributed by atoms with van der Waals surface area (Å²) in [6, 6.07) is 14.0. The normalized spacial score (nSPS) is 11.5. The maximum Gasteiger partial charge on any atom is 0.344 e. The van der Waals surface area contributed by atoms with Crippen LogP contribution < -0.4 is 10.1 Å². The van der Waals surface area contributed by atoms with E-state index in [1.54, 1.807) is 30.3 Å². The molecule has 0 aliphatic carbocycles. The molecular formula is C18H18ClNO4. The smallest absolute Gasteiger partial charge is 0.344 e. The van der Waals surface area contributed by atoms with Crippen molar-refractivity contribution < 1.29 is 19.1 Å². The van der Waals surface area contributed by atoms with E-state index < -0.39 is 18.0 Å². The number of halogens is 1. The van der Waals surface area contributed by atoms with E-state index in [0.717, 1.165) is 5.56 Å². The Morgan fingerprint density at radius 3 is 2.46 bits per heavy atom. The molecule has 1 amide bonds. The van der Waals surface area contributed by atoms with Gasteiger partial charge in [-0.15, -0.1) is 0 Å². The number of hydrogen-bond acceptors (Lipinski definition) is 4. The van der Waals surface area contributed by atoms with E-state index in [4.69, 9.17) is 21.1 Å². The highest BCUT2D eigenvalue weighted by atomic mass is 35.5. The van der Waals surface area contributed by atoms with Gasteiger partial charge in [0, 0.05) is 10.7 Å². The summed E-state index contributed by atoms with van der Waals surface area (Å²) in [6.07, 6.45) is -0.925. The predicted molar refractivity (Wildman–Crippen MR) is 92.3 cm³/mol. The highest BCUT2D eigenvalue weighted by Crippen LogP contribution is 2.16. The summed E-state index contributed by atoms with van der Waals surface area (Å²) < 4.78 is 10.3. The number of anilines is 1. The van der Waals surface area contributed by atoms with E-state index >= 15 is 0 Å². The van der Waals surface area contributed by atoms with Gasteiger partial charge in [-0.25, -0.2) is 4.79 Å². The summed E-state index contributed by atoms with van der Waals surface area (Å²) in [4.78, 5) is 23.8. The van der Waals surface area contributed by atoms with Gasteiger partial charge in [0.2, 0.25) is 0 Å². The fourth-order valence-electron chi connectivity index (χ4n) is 1.91. The van der Waals surface area contributed by atoms with Crippen LogP contribution >= 0.6 is 11.6 Å². The quantitative estimate of drug-likeness (QED) is 0.811. The number of hydrogen-bond donors (Lipinski definition) is 1. The topological polar surface area (TPSA) is 64.6 Å². The first-order chi connectivity index (χ1) is 11.5. The second-order valence-corrected chi connectivity index (χ2v) is 5.62. The molecule has 1 atom stereocenters. The van der Waals surface area contributed by atoms with Crippen molar-refractivity contribution in [3.8, 4) is 5.75 Å². The average Bonchev–Trinajstić information content (AvgIpc) is 2.56. The third-order valence-corrected chi connectivity index (χ3v) is 3.50. The molecule has 0 aliphatic heterocycles. The van der Waals surface area contributed by atoms with E-state index in [2.05, 4.69) is 5.32 Å². The predicted octanol–water partition coefficient (Wildman–Crippen LogP) is 3.60. The molecular weight excluding hydrogens is 330 g/mol. The zero-order valence-corrected chi connectivity index (χ0v) is 14.2. The van der Waals surface area contributed by atoms with Crippen molar-refractivity contribution in [2.24, 2.45) is 0 Å². The molecule has 0 aromatic heterocycles. The second kappa shape index (κ2) is 8.36. The fraction of sp³-hybridized carbons (Fsp3) is 0.222. The van der Waals surface area contributed by atoms with Crippen LogP contribution in [0.1, 0.15) is 12.5 Å². The van der Waals surface area contributed by atoms with Crippen LogP contribution in [-0.4, -0.2) is 24.6 Å². The van der Waals surface area contributed by atoms with Crippen molar-refractivity contribution in [1.29, 1.82) is 0 Å². The zero-order chi connectivity index (χ0) is 17.5. The molecule has 0 fully saturated rings. The molecule has 2 aromatic carbocycles. The van der Waals surface area contributed by atoms with Gasteiger partial charge in [0.1, 0.15) is 5.75 Å². The number of carbonyl (C=O) groups is 2. The minimum absolute atomic E-state index is 0.288. The number of amides is 1. The summed E-state index contributed by atoms with van der Waals surface area (Å²) in [5, 5.41) is 3.30. The number of ether oxygens (including phenoxy) is 2. The number of benzene rings is 2. The molecule has 2 aromatic rings. The summed E-state index contributed by atoms with van der Waals surface area (Å²) >= 11 is 5.76. The van der Waals surface area contributed by atoms with Gasteiger partial charge in [0.25, 0.3) is 5.91 Å². The van der Waals surface area contributed by atoms with E-state index in [0.29, 0.717) is 16.5 Å². The number of rotatable bonds is 6. The van der Waals surface area contributed by atoms with Gasteiger partial charge in [0.15, 0.2) is 12.7 Å². The van der Waals surface area contributed by atoms with E-state index in [9.17, 15) is 9.59 Å². The summed E-state index contributed by atoms with van der Waals surface area (Å²) in [6.45, 7) is 3.10. The lowest BCUT2D eigenvalue weighted by Gasteiger charge is -2.15. The fourth-order valence-corrected chi connectivity index (χ4v) is 2.03. The van der Waals surface area contributed by atoms with E-state index in [-0.39, 0.29) is 6.61 Å². The van der Waals surface area contributed by atoms with Crippen LogP contribution in [0.5, 0.6) is 5.75 Å². The summed E-state index contributed by atoms with van der Waals surface area (Å²) in [5.74, 6) is -0.533. The maximum atomic E-state index is 12.1. The van der Waals surface area contributed by atoms with Crippen molar-refractivity contribution in [2.75, 3.05) is 11.9 Å². The highest BCUT2D eigenvalue weighted by Gasteiger charge is 2.18. The molecule has 126 valence electrons. The number of esters is 1. The van der Waals surface area contributed by atoms with Crippen molar-refractivity contribution >= 4 is 29.2 Å².